The third-order valence-corrected chi connectivity index (χ3v) is 1.54. The van der Waals surface area contributed by atoms with E-state index in [4.69, 9.17) is 4.74 Å². The molecular formula is C8H15NO. The van der Waals surface area contributed by atoms with Gasteiger partial charge in [-0.25, -0.2) is 0 Å². The number of rotatable bonds is 2. The fourth-order valence-corrected chi connectivity index (χ4v) is 0.997. The molecule has 0 aromatic rings. The van der Waals surface area contributed by atoms with Crippen LogP contribution in [0, 0.1) is 0 Å². The first-order valence-corrected chi connectivity index (χ1v) is 3.92. The van der Waals surface area contributed by atoms with Crippen molar-refractivity contribution in [3.63, 3.8) is 0 Å². The number of allylic oxidation sites excluding steroid dienone is 1. The van der Waals surface area contributed by atoms with Crippen LogP contribution in [0.4, 0.5) is 0 Å². The first-order valence-electron chi connectivity index (χ1n) is 3.92. The highest BCUT2D eigenvalue weighted by Gasteiger charge is 2.07. The quantitative estimate of drug-likeness (QED) is 0.578. The Labute approximate surface area is 62.3 Å². The molecule has 2 nitrogen and oxygen atoms in total. The standard InChI is InChI=1S/C8H15NO/c1-2-3-4-8-7-9-5-6-10-8/h3-4,8-9H,2,5-7H2,1H3. The Morgan fingerprint density at radius 3 is 3.20 bits per heavy atom. The lowest BCUT2D eigenvalue weighted by molar-refractivity contribution is 0.0590. The third kappa shape index (κ3) is 2.50. The minimum absolute atomic E-state index is 0.314. The molecule has 1 N–H and O–H groups in total. The third-order valence-electron chi connectivity index (χ3n) is 1.54. The molecule has 0 saturated carbocycles. The average molecular weight is 141 g/mol. The van der Waals surface area contributed by atoms with Gasteiger partial charge in [0.05, 0.1) is 12.7 Å². The van der Waals surface area contributed by atoms with Crippen LogP contribution in [-0.4, -0.2) is 25.8 Å². The van der Waals surface area contributed by atoms with Gasteiger partial charge in [-0.3, -0.25) is 0 Å². The predicted molar refractivity (Wildman–Crippen MR) is 42.0 cm³/mol. The molecule has 1 unspecified atom stereocenters. The Hall–Kier alpha value is -0.340. The van der Waals surface area contributed by atoms with E-state index in [9.17, 15) is 0 Å². The van der Waals surface area contributed by atoms with Crippen LogP contribution in [0.25, 0.3) is 0 Å². The van der Waals surface area contributed by atoms with Gasteiger partial charge in [0.25, 0.3) is 0 Å². The summed E-state index contributed by atoms with van der Waals surface area (Å²) >= 11 is 0. The number of morpholine rings is 1. The van der Waals surface area contributed by atoms with Crippen LogP contribution in [-0.2, 0) is 4.74 Å². The van der Waals surface area contributed by atoms with E-state index in [0.717, 1.165) is 26.1 Å². The molecule has 10 heavy (non-hydrogen) atoms. The zero-order chi connectivity index (χ0) is 7.23. The SMILES string of the molecule is CCC=CC1CNCCO1. The van der Waals surface area contributed by atoms with Gasteiger partial charge in [-0.1, -0.05) is 19.1 Å². The van der Waals surface area contributed by atoms with E-state index in [1.807, 2.05) is 0 Å². The molecule has 0 aliphatic carbocycles. The van der Waals surface area contributed by atoms with Gasteiger partial charge in [-0.15, -0.1) is 0 Å². The van der Waals surface area contributed by atoms with Gasteiger partial charge in [-0.2, -0.15) is 0 Å². The van der Waals surface area contributed by atoms with E-state index >= 15 is 0 Å². The van der Waals surface area contributed by atoms with Gasteiger partial charge >= 0.3 is 0 Å². The van der Waals surface area contributed by atoms with Crippen molar-refractivity contribution in [1.82, 2.24) is 5.32 Å². The second-order valence-electron chi connectivity index (χ2n) is 2.45. The number of hydrogen-bond acceptors (Lipinski definition) is 2. The van der Waals surface area contributed by atoms with Crippen LogP contribution < -0.4 is 5.32 Å². The van der Waals surface area contributed by atoms with Crippen LogP contribution >= 0.6 is 0 Å². The highest BCUT2D eigenvalue weighted by molar-refractivity contribution is 4.91. The predicted octanol–water partition coefficient (Wildman–Crippen LogP) is 0.941. The van der Waals surface area contributed by atoms with Crippen molar-refractivity contribution in [1.29, 1.82) is 0 Å². The van der Waals surface area contributed by atoms with Gasteiger partial charge < -0.3 is 10.1 Å². The van der Waals surface area contributed by atoms with Crippen molar-refractivity contribution in [2.75, 3.05) is 19.7 Å². The molecule has 0 bridgehead atoms. The Morgan fingerprint density at radius 2 is 2.60 bits per heavy atom. The lowest BCUT2D eigenvalue weighted by Gasteiger charge is -2.20. The monoisotopic (exact) mass is 141 g/mol. The summed E-state index contributed by atoms with van der Waals surface area (Å²) < 4.78 is 5.43. The second kappa shape index (κ2) is 4.47. The van der Waals surface area contributed by atoms with Crippen LogP contribution in [0.15, 0.2) is 12.2 Å². The normalized spacial score (nSPS) is 27.5. The van der Waals surface area contributed by atoms with E-state index in [-0.39, 0.29) is 0 Å². The number of nitrogens with one attached hydrogen (secondary N) is 1. The van der Waals surface area contributed by atoms with Crippen molar-refractivity contribution >= 4 is 0 Å². The van der Waals surface area contributed by atoms with Gasteiger partial charge in [0.15, 0.2) is 0 Å². The molecule has 0 aromatic heterocycles. The summed E-state index contributed by atoms with van der Waals surface area (Å²) in [7, 11) is 0. The van der Waals surface area contributed by atoms with E-state index in [1.54, 1.807) is 0 Å². The molecule has 1 fully saturated rings. The van der Waals surface area contributed by atoms with E-state index < -0.39 is 0 Å². The molecule has 1 saturated heterocycles. The minimum atomic E-state index is 0.314. The molecule has 0 aromatic carbocycles. The van der Waals surface area contributed by atoms with E-state index in [0.29, 0.717) is 6.10 Å². The highest BCUT2D eigenvalue weighted by atomic mass is 16.5. The smallest absolute Gasteiger partial charge is 0.0880 e. The summed E-state index contributed by atoms with van der Waals surface area (Å²) in [6.07, 6.45) is 5.69. The lowest BCUT2D eigenvalue weighted by atomic mass is 10.2. The minimum Gasteiger partial charge on any atom is -0.372 e. The molecule has 1 atom stereocenters. The number of ether oxygens (including phenoxy) is 1. The molecule has 0 amide bonds. The fraction of sp³-hybridized carbons (Fsp3) is 0.750. The van der Waals surface area contributed by atoms with Crippen molar-refractivity contribution in [3.8, 4) is 0 Å². The lowest BCUT2D eigenvalue weighted by Crippen LogP contribution is -2.37. The molecule has 1 rings (SSSR count). The van der Waals surface area contributed by atoms with Crippen LogP contribution in [0.5, 0.6) is 0 Å². The summed E-state index contributed by atoms with van der Waals surface area (Å²) in [5.74, 6) is 0. The Bertz CT molecular complexity index is 106. The van der Waals surface area contributed by atoms with Gasteiger partial charge in [0.2, 0.25) is 0 Å². The topological polar surface area (TPSA) is 21.3 Å². The molecule has 58 valence electrons. The molecule has 0 spiro atoms. The average Bonchev–Trinajstić information content (AvgIpc) is 2.03. The Kier molecular flexibility index (Phi) is 3.47. The first-order chi connectivity index (χ1) is 4.93. The van der Waals surface area contributed by atoms with E-state index in [1.165, 1.54) is 0 Å². The molecule has 0 radical (unpaired) electrons. The first kappa shape index (κ1) is 7.76. The summed E-state index contributed by atoms with van der Waals surface area (Å²) in [6, 6.07) is 0. The maximum atomic E-state index is 5.43. The molecular weight excluding hydrogens is 126 g/mol. The second-order valence-corrected chi connectivity index (χ2v) is 2.45. The van der Waals surface area contributed by atoms with Gasteiger partial charge in [-0.05, 0) is 6.42 Å². The summed E-state index contributed by atoms with van der Waals surface area (Å²) in [5.41, 5.74) is 0. The van der Waals surface area contributed by atoms with Gasteiger partial charge in [0.1, 0.15) is 0 Å². The number of hydrogen-bond donors (Lipinski definition) is 1. The Balaban J connectivity index is 2.19. The van der Waals surface area contributed by atoms with Crippen LogP contribution in [0.3, 0.4) is 0 Å². The zero-order valence-electron chi connectivity index (χ0n) is 6.47. The van der Waals surface area contributed by atoms with Crippen molar-refractivity contribution in [2.45, 2.75) is 19.4 Å². The van der Waals surface area contributed by atoms with Crippen molar-refractivity contribution < 1.29 is 4.74 Å². The summed E-state index contributed by atoms with van der Waals surface area (Å²) in [6.45, 7) is 4.94. The fourth-order valence-electron chi connectivity index (χ4n) is 0.997. The Morgan fingerprint density at radius 1 is 1.70 bits per heavy atom. The van der Waals surface area contributed by atoms with Crippen LogP contribution in [0.2, 0.25) is 0 Å². The van der Waals surface area contributed by atoms with E-state index in [2.05, 4.69) is 24.4 Å². The maximum absolute atomic E-state index is 5.43. The largest absolute Gasteiger partial charge is 0.372 e. The zero-order valence-corrected chi connectivity index (χ0v) is 6.47. The van der Waals surface area contributed by atoms with Crippen LogP contribution in [0.1, 0.15) is 13.3 Å². The molecule has 1 aliphatic heterocycles. The molecule has 2 heteroatoms. The summed E-state index contributed by atoms with van der Waals surface area (Å²) in [5, 5.41) is 3.27. The van der Waals surface area contributed by atoms with Crippen molar-refractivity contribution in [3.05, 3.63) is 12.2 Å². The maximum Gasteiger partial charge on any atom is 0.0880 e. The highest BCUT2D eigenvalue weighted by Crippen LogP contribution is 1.97. The molecule has 1 aliphatic rings. The summed E-state index contributed by atoms with van der Waals surface area (Å²) in [4.78, 5) is 0. The van der Waals surface area contributed by atoms with Crippen molar-refractivity contribution in [2.24, 2.45) is 0 Å². The van der Waals surface area contributed by atoms with Gasteiger partial charge in [0, 0.05) is 13.1 Å². The molecule has 1 heterocycles.